The summed E-state index contributed by atoms with van der Waals surface area (Å²) < 4.78 is 38.8. The molecule has 0 radical (unpaired) electrons. The molecule has 4 nitrogen and oxygen atoms in total. The summed E-state index contributed by atoms with van der Waals surface area (Å²) >= 11 is 0. The van der Waals surface area contributed by atoms with Crippen LogP contribution in [0.2, 0.25) is 0 Å². The van der Waals surface area contributed by atoms with Gasteiger partial charge >= 0.3 is 0 Å². The zero-order chi connectivity index (χ0) is 13.8. The molecule has 1 aromatic carbocycles. The first-order chi connectivity index (χ1) is 8.35. The van der Waals surface area contributed by atoms with E-state index in [-0.39, 0.29) is 18.4 Å². The molecule has 2 atom stereocenters. The van der Waals surface area contributed by atoms with Gasteiger partial charge in [-0.1, -0.05) is 12.1 Å². The van der Waals surface area contributed by atoms with Crippen LogP contribution in [0.3, 0.4) is 0 Å². The number of hydrogen-bond acceptors (Lipinski definition) is 3. The number of sulfonamides is 1. The van der Waals surface area contributed by atoms with Gasteiger partial charge in [0.1, 0.15) is 5.82 Å². The van der Waals surface area contributed by atoms with E-state index >= 15 is 0 Å². The van der Waals surface area contributed by atoms with Gasteiger partial charge < -0.3 is 5.73 Å². The van der Waals surface area contributed by atoms with Gasteiger partial charge in [-0.25, -0.2) is 17.5 Å². The van der Waals surface area contributed by atoms with Crippen LogP contribution in [-0.4, -0.2) is 26.3 Å². The lowest BCUT2D eigenvalue weighted by atomic mass is 10.1. The molecule has 0 heterocycles. The van der Waals surface area contributed by atoms with Crippen molar-refractivity contribution in [2.75, 3.05) is 6.54 Å². The Hall–Kier alpha value is -0.980. The molecule has 0 fully saturated rings. The van der Waals surface area contributed by atoms with Crippen LogP contribution in [-0.2, 0) is 16.4 Å². The minimum absolute atomic E-state index is 0.0819. The Morgan fingerprint density at radius 1 is 1.28 bits per heavy atom. The summed E-state index contributed by atoms with van der Waals surface area (Å²) in [7, 11) is -3.39. The number of benzene rings is 1. The van der Waals surface area contributed by atoms with E-state index in [1.54, 1.807) is 26.0 Å². The fraction of sp³-hybridized carbons (Fsp3) is 0.500. The first kappa shape index (κ1) is 15.1. The summed E-state index contributed by atoms with van der Waals surface area (Å²) in [5, 5.41) is -0.617. The van der Waals surface area contributed by atoms with Crippen LogP contribution in [0.1, 0.15) is 19.4 Å². The van der Waals surface area contributed by atoms with Gasteiger partial charge in [-0.15, -0.1) is 0 Å². The summed E-state index contributed by atoms with van der Waals surface area (Å²) in [6.07, 6.45) is 0.511. The minimum atomic E-state index is -3.39. The molecule has 0 aliphatic heterocycles. The molecule has 0 amide bonds. The van der Waals surface area contributed by atoms with Crippen LogP contribution in [0.15, 0.2) is 24.3 Å². The van der Waals surface area contributed by atoms with Crippen molar-refractivity contribution in [3.8, 4) is 0 Å². The molecule has 2 unspecified atom stereocenters. The van der Waals surface area contributed by atoms with E-state index in [9.17, 15) is 12.8 Å². The molecule has 18 heavy (non-hydrogen) atoms. The first-order valence-corrected chi connectivity index (χ1v) is 7.35. The average Bonchev–Trinajstić information content (AvgIpc) is 2.30. The van der Waals surface area contributed by atoms with Gasteiger partial charge in [-0.2, -0.15) is 0 Å². The number of rotatable bonds is 6. The summed E-state index contributed by atoms with van der Waals surface area (Å²) in [6.45, 7) is 3.41. The van der Waals surface area contributed by atoms with E-state index in [1.807, 2.05) is 0 Å². The first-order valence-electron chi connectivity index (χ1n) is 5.81. The van der Waals surface area contributed by atoms with Gasteiger partial charge in [0.15, 0.2) is 0 Å². The molecule has 0 aromatic heterocycles. The minimum Gasteiger partial charge on any atom is -0.329 e. The van der Waals surface area contributed by atoms with Crippen molar-refractivity contribution in [1.82, 2.24) is 4.72 Å². The van der Waals surface area contributed by atoms with E-state index in [2.05, 4.69) is 4.72 Å². The van der Waals surface area contributed by atoms with Crippen molar-refractivity contribution < 1.29 is 12.8 Å². The molecule has 0 aliphatic carbocycles. The fourth-order valence-electron chi connectivity index (χ4n) is 1.54. The van der Waals surface area contributed by atoms with Crippen LogP contribution in [0.4, 0.5) is 4.39 Å². The third-order valence-corrected chi connectivity index (χ3v) is 4.67. The SMILES string of the molecule is CC(Cc1ccc(F)cc1)NS(=O)(=O)C(C)CN. The van der Waals surface area contributed by atoms with Crippen molar-refractivity contribution in [2.24, 2.45) is 5.73 Å². The molecule has 1 aromatic rings. The molecule has 0 aliphatic rings. The highest BCUT2D eigenvalue weighted by atomic mass is 32.2. The summed E-state index contributed by atoms with van der Waals surface area (Å²) in [6, 6.07) is 5.76. The quantitative estimate of drug-likeness (QED) is 0.813. The van der Waals surface area contributed by atoms with E-state index in [1.165, 1.54) is 12.1 Å². The van der Waals surface area contributed by atoms with Gasteiger partial charge in [0.2, 0.25) is 10.0 Å². The van der Waals surface area contributed by atoms with Gasteiger partial charge in [-0.3, -0.25) is 0 Å². The van der Waals surface area contributed by atoms with Crippen molar-refractivity contribution in [3.05, 3.63) is 35.6 Å². The van der Waals surface area contributed by atoms with Crippen LogP contribution in [0.25, 0.3) is 0 Å². The molecule has 3 N–H and O–H groups in total. The third-order valence-electron chi connectivity index (χ3n) is 2.68. The van der Waals surface area contributed by atoms with Crippen molar-refractivity contribution >= 4 is 10.0 Å². The fourth-order valence-corrected chi connectivity index (χ4v) is 2.67. The number of halogens is 1. The van der Waals surface area contributed by atoms with Crippen LogP contribution in [0.5, 0.6) is 0 Å². The number of nitrogens with one attached hydrogen (secondary N) is 1. The highest BCUT2D eigenvalue weighted by molar-refractivity contribution is 7.90. The second-order valence-electron chi connectivity index (χ2n) is 4.44. The third kappa shape index (κ3) is 4.36. The summed E-state index contributed by atoms with van der Waals surface area (Å²) in [4.78, 5) is 0. The molecule has 0 saturated carbocycles. The van der Waals surface area contributed by atoms with E-state index in [0.717, 1.165) is 5.56 Å². The second-order valence-corrected chi connectivity index (χ2v) is 6.57. The maximum Gasteiger partial charge on any atom is 0.215 e. The van der Waals surface area contributed by atoms with Gasteiger partial charge in [-0.05, 0) is 38.0 Å². The molecule has 1 rings (SSSR count). The smallest absolute Gasteiger partial charge is 0.215 e. The Bertz CT molecular complexity index is 473. The molecule has 0 spiro atoms. The Balaban J connectivity index is 2.62. The maximum absolute atomic E-state index is 12.7. The van der Waals surface area contributed by atoms with Crippen LogP contribution >= 0.6 is 0 Å². The second kappa shape index (κ2) is 6.26. The standard InChI is InChI=1S/C12H19FN2O2S/c1-9(15-18(16,17)10(2)8-14)7-11-3-5-12(13)6-4-11/h3-6,9-10,15H,7-8,14H2,1-2H3. The van der Waals surface area contributed by atoms with Crippen LogP contribution in [0, 0.1) is 5.82 Å². The normalized spacial score (nSPS) is 15.3. The number of hydrogen-bond donors (Lipinski definition) is 2. The predicted molar refractivity (Wildman–Crippen MR) is 70.1 cm³/mol. The molecule has 102 valence electrons. The zero-order valence-electron chi connectivity index (χ0n) is 10.6. The van der Waals surface area contributed by atoms with Gasteiger partial charge in [0.05, 0.1) is 5.25 Å². The Kier molecular flexibility index (Phi) is 5.25. The lowest BCUT2D eigenvalue weighted by molar-refractivity contribution is 0.548. The average molecular weight is 274 g/mol. The van der Waals surface area contributed by atoms with Crippen molar-refractivity contribution in [1.29, 1.82) is 0 Å². The molecule has 6 heteroatoms. The number of nitrogens with two attached hydrogens (primary N) is 1. The summed E-state index contributed by atoms with van der Waals surface area (Å²) in [5.41, 5.74) is 6.22. The summed E-state index contributed by atoms with van der Waals surface area (Å²) in [5.74, 6) is -0.302. The van der Waals surface area contributed by atoms with Gasteiger partial charge in [0, 0.05) is 12.6 Å². The Morgan fingerprint density at radius 2 is 1.83 bits per heavy atom. The van der Waals surface area contributed by atoms with Gasteiger partial charge in [0.25, 0.3) is 0 Å². The van der Waals surface area contributed by atoms with Crippen molar-refractivity contribution in [2.45, 2.75) is 31.6 Å². The van der Waals surface area contributed by atoms with Crippen LogP contribution < -0.4 is 10.5 Å². The monoisotopic (exact) mass is 274 g/mol. The lowest BCUT2D eigenvalue weighted by Crippen LogP contribution is -2.42. The molecular formula is C12H19FN2O2S. The maximum atomic E-state index is 12.7. The van der Waals surface area contributed by atoms with E-state index in [0.29, 0.717) is 6.42 Å². The topological polar surface area (TPSA) is 72.2 Å². The predicted octanol–water partition coefficient (Wildman–Crippen LogP) is 1.02. The molecular weight excluding hydrogens is 255 g/mol. The highest BCUT2D eigenvalue weighted by Gasteiger charge is 2.21. The molecule has 0 saturated heterocycles. The highest BCUT2D eigenvalue weighted by Crippen LogP contribution is 2.07. The zero-order valence-corrected chi connectivity index (χ0v) is 11.4. The Labute approximate surface area is 107 Å². The lowest BCUT2D eigenvalue weighted by Gasteiger charge is -2.17. The van der Waals surface area contributed by atoms with E-state index in [4.69, 9.17) is 5.73 Å². The Morgan fingerprint density at radius 3 is 2.33 bits per heavy atom. The largest absolute Gasteiger partial charge is 0.329 e. The molecule has 0 bridgehead atoms. The van der Waals surface area contributed by atoms with Crippen molar-refractivity contribution in [3.63, 3.8) is 0 Å². The van der Waals surface area contributed by atoms with E-state index < -0.39 is 15.3 Å².